The Morgan fingerprint density at radius 2 is 1.85 bits per heavy atom. The largest absolute Gasteiger partial charge is 0.459 e. The summed E-state index contributed by atoms with van der Waals surface area (Å²) in [6.07, 6.45) is 2.85. The Balaban J connectivity index is 1.39. The highest BCUT2D eigenvalue weighted by Gasteiger charge is 2.41. The molecule has 0 aliphatic carbocycles. The smallest absolute Gasteiger partial charge is 0.170 e. The standard InChI is InChI=1S/C25H27BrN4O2S/c26-19-7-5-18(6-8-19)21-9-10-22(32-21)24-23(20-4-1-2-11-27-20)28-25(33)30(24)13-3-12-29-14-16-31-17-15-29/h1-2,4-11,23-24H,3,12-17H2,(H,28,33)/t23-,24-/m1/s1. The highest BCUT2D eigenvalue weighted by Crippen LogP contribution is 2.40. The van der Waals surface area contributed by atoms with Gasteiger partial charge < -0.3 is 19.4 Å². The Hall–Kier alpha value is -2.26. The lowest BCUT2D eigenvalue weighted by molar-refractivity contribution is 0.0365. The van der Waals surface area contributed by atoms with Crippen LogP contribution in [-0.4, -0.2) is 59.3 Å². The fraction of sp³-hybridized carbons (Fsp3) is 0.360. The van der Waals surface area contributed by atoms with Crippen LogP contribution in [0.25, 0.3) is 11.3 Å². The number of benzene rings is 1. The zero-order chi connectivity index (χ0) is 22.6. The van der Waals surface area contributed by atoms with E-state index in [4.69, 9.17) is 21.4 Å². The summed E-state index contributed by atoms with van der Waals surface area (Å²) in [7, 11) is 0. The van der Waals surface area contributed by atoms with E-state index in [-0.39, 0.29) is 12.1 Å². The average molecular weight is 527 g/mol. The zero-order valence-corrected chi connectivity index (χ0v) is 20.7. The lowest BCUT2D eigenvalue weighted by Gasteiger charge is -2.29. The van der Waals surface area contributed by atoms with Crippen molar-refractivity contribution in [1.82, 2.24) is 20.1 Å². The number of pyridine rings is 1. The number of nitrogens with one attached hydrogen (secondary N) is 1. The van der Waals surface area contributed by atoms with Crippen molar-refractivity contribution in [2.24, 2.45) is 0 Å². The molecule has 2 aromatic heterocycles. The third kappa shape index (κ3) is 5.14. The maximum absolute atomic E-state index is 6.41. The van der Waals surface area contributed by atoms with Crippen LogP contribution in [0.5, 0.6) is 0 Å². The number of hydrogen-bond donors (Lipinski definition) is 1. The minimum absolute atomic E-state index is 0.0544. The number of thiocarbonyl (C=S) groups is 1. The number of halogens is 1. The van der Waals surface area contributed by atoms with Crippen LogP contribution in [-0.2, 0) is 4.74 Å². The van der Waals surface area contributed by atoms with Crippen molar-refractivity contribution in [2.75, 3.05) is 39.4 Å². The van der Waals surface area contributed by atoms with E-state index in [1.54, 1.807) is 0 Å². The SMILES string of the molecule is S=C1N[C@H](c2ccccn2)[C@@H](c2ccc(-c3ccc(Br)cc3)o2)N1CCCN1CCOCC1. The molecule has 1 aromatic carbocycles. The summed E-state index contributed by atoms with van der Waals surface area (Å²) in [6, 6.07) is 18.2. The number of aromatic nitrogens is 1. The van der Waals surface area contributed by atoms with Crippen LogP contribution in [0.2, 0.25) is 0 Å². The molecule has 1 N–H and O–H groups in total. The second-order valence-electron chi connectivity index (χ2n) is 8.34. The molecule has 3 aromatic rings. The summed E-state index contributed by atoms with van der Waals surface area (Å²) < 4.78 is 12.9. The van der Waals surface area contributed by atoms with E-state index in [9.17, 15) is 0 Å². The lowest BCUT2D eigenvalue weighted by atomic mass is 10.0. The summed E-state index contributed by atoms with van der Waals surface area (Å²) in [5, 5.41) is 4.26. The minimum atomic E-state index is -0.0639. The molecule has 0 saturated carbocycles. The second kappa shape index (κ2) is 10.3. The molecule has 4 heterocycles. The Morgan fingerprint density at radius 1 is 1.03 bits per heavy atom. The third-order valence-electron chi connectivity index (χ3n) is 6.22. The molecule has 33 heavy (non-hydrogen) atoms. The fourth-order valence-corrected chi connectivity index (χ4v) is 5.12. The van der Waals surface area contributed by atoms with Gasteiger partial charge in [0.25, 0.3) is 0 Å². The highest BCUT2D eigenvalue weighted by atomic mass is 79.9. The first-order valence-corrected chi connectivity index (χ1v) is 12.5. The second-order valence-corrected chi connectivity index (χ2v) is 9.64. The molecule has 0 bridgehead atoms. The van der Waals surface area contributed by atoms with E-state index in [0.717, 1.165) is 78.2 Å². The Morgan fingerprint density at radius 3 is 2.61 bits per heavy atom. The van der Waals surface area contributed by atoms with E-state index < -0.39 is 0 Å². The number of ether oxygens (including phenoxy) is 1. The van der Waals surface area contributed by atoms with Crippen LogP contribution in [0, 0.1) is 0 Å². The van der Waals surface area contributed by atoms with E-state index >= 15 is 0 Å². The summed E-state index contributed by atoms with van der Waals surface area (Å²) in [5.74, 6) is 1.74. The molecule has 2 fully saturated rings. The molecule has 0 amide bonds. The summed E-state index contributed by atoms with van der Waals surface area (Å²) in [4.78, 5) is 9.34. The number of morpholine rings is 1. The number of rotatable bonds is 7. The van der Waals surface area contributed by atoms with E-state index in [1.807, 2.05) is 42.6 Å². The predicted octanol–water partition coefficient (Wildman–Crippen LogP) is 4.80. The summed E-state index contributed by atoms with van der Waals surface area (Å²) >= 11 is 9.29. The van der Waals surface area contributed by atoms with Gasteiger partial charge in [0.15, 0.2) is 5.11 Å². The average Bonchev–Trinajstić information content (AvgIpc) is 3.46. The summed E-state index contributed by atoms with van der Waals surface area (Å²) in [5.41, 5.74) is 2.01. The van der Waals surface area contributed by atoms with Gasteiger partial charge in [-0.2, -0.15) is 0 Å². The van der Waals surface area contributed by atoms with Crippen LogP contribution >= 0.6 is 28.1 Å². The Bertz CT molecular complexity index is 1070. The fourth-order valence-electron chi connectivity index (χ4n) is 4.53. The highest BCUT2D eigenvalue weighted by molar-refractivity contribution is 9.10. The molecule has 2 aliphatic heterocycles. The maximum atomic E-state index is 6.41. The van der Waals surface area contributed by atoms with Gasteiger partial charge in [0.05, 0.1) is 24.9 Å². The van der Waals surface area contributed by atoms with Crippen LogP contribution in [0.1, 0.15) is 30.0 Å². The first-order chi connectivity index (χ1) is 16.2. The van der Waals surface area contributed by atoms with Crippen LogP contribution < -0.4 is 5.32 Å². The van der Waals surface area contributed by atoms with Crippen molar-refractivity contribution in [3.05, 3.63) is 76.7 Å². The molecule has 0 radical (unpaired) electrons. The lowest BCUT2D eigenvalue weighted by Crippen LogP contribution is -2.38. The topological polar surface area (TPSA) is 53.8 Å². The molecular formula is C25H27BrN4O2S. The molecule has 2 aliphatic rings. The number of nitrogens with zero attached hydrogens (tertiary/aromatic N) is 3. The van der Waals surface area contributed by atoms with Crippen molar-refractivity contribution in [3.8, 4) is 11.3 Å². The Kier molecular flexibility index (Phi) is 7.06. The van der Waals surface area contributed by atoms with Gasteiger partial charge >= 0.3 is 0 Å². The van der Waals surface area contributed by atoms with E-state index in [1.165, 1.54) is 0 Å². The van der Waals surface area contributed by atoms with Crippen molar-refractivity contribution in [3.63, 3.8) is 0 Å². The first kappa shape index (κ1) is 22.5. The van der Waals surface area contributed by atoms with Gasteiger partial charge in [-0.25, -0.2) is 0 Å². The molecule has 0 spiro atoms. The van der Waals surface area contributed by atoms with Crippen molar-refractivity contribution in [2.45, 2.75) is 18.5 Å². The van der Waals surface area contributed by atoms with Crippen molar-refractivity contribution >= 4 is 33.3 Å². The van der Waals surface area contributed by atoms with E-state index in [2.05, 4.69) is 54.2 Å². The van der Waals surface area contributed by atoms with Crippen LogP contribution in [0.15, 0.2) is 69.7 Å². The number of hydrogen-bond acceptors (Lipinski definition) is 5. The van der Waals surface area contributed by atoms with Crippen LogP contribution in [0.4, 0.5) is 0 Å². The van der Waals surface area contributed by atoms with Crippen molar-refractivity contribution in [1.29, 1.82) is 0 Å². The van der Waals surface area contributed by atoms with Gasteiger partial charge in [0, 0.05) is 42.4 Å². The van der Waals surface area contributed by atoms with Crippen LogP contribution in [0.3, 0.4) is 0 Å². The monoisotopic (exact) mass is 526 g/mol. The Labute approximate surface area is 208 Å². The normalized spacial score (nSPS) is 21.4. The molecule has 8 heteroatoms. The summed E-state index contributed by atoms with van der Waals surface area (Å²) in [6.45, 7) is 5.52. The molecule has 5 rings (SSSR count). The zero-order valence-electron chi connectivity index (χ0n) is 18.3. The molecular weight excluding hydrogens is 500 g/mol. The number of furan rings is 1. The molecule has 6 nitrogen and oxygen atoms in total. The third-order valence-corrected chi connectivity index (χ3v) is 7.10. The maximum Gasteiger partial charge on any atom is 0.170 e. The van der Waals surface area contributed by atoms with Gasteiger partial charge in [0.2, 0.25) is 0 Å². The molecule has 0 unspecified atom stereocenters. The quantitative estimate of drug-likeness (QED) is 0.443. The van der Waals surface area contributed by atoms with Crippen molar-refractivity contribution < 1.29 is 9.15 Å². The molecule has 2 atom stereocenters. The van der Waals surface area contributed by atoms with Gasteiger partial charge in [-0.05, 0) is 55.0 Å². The van der Waals surface area contributed by atoms with Gasteiger partial charge in [-0.1, -0.05) is 34.1 Å². The first-order valence-electron chi connectivity index (χ1n) is 11.3. The van der Waals surface area contributed by atoms with Gasteiger partial charge in [-0.3, -0.25) is 9.88 Å². The van der Waals surface area contributed by atoms with Gasteiger partial charge in [-0.15, -0.1) is 0 Å². The van der Waals surface area contributed by atoms with Gasteiger partial charge in [0.1, 0.15) is 17.6 Å². The molecule has 2 saturated heterocycles. The predicted molar refractivity (Wildman–Crippen MR) is 136 cm³/mol. The van der Waals surface area contributed by atoms with E-state index in [0.29, 0.717) is 0 Å². The molecule has 172 valence electrons. The minimum Gasteiger partial charge on any atom is -0.459 e.